The van der Waals surface area contributed by atoms with Gasteiger partial charge in [-0.25, -0.2) is 0 Å². The van der Waals surface area contributed by atoms with Gasteiger partial charge in [0.15, 0.2) is 0 Å². The van der Waals surface area contributed by atoms with E-state index in [2.05, 4.69) is 18.3 Å². The molecule has 0 bridgehead atoms. The Balaban J connectivity index is 2.36. The van der Waals surface area contributed by atoms with Crippen LogP contribution in [0.3, 0.4) is 0 Å². The normalized spacial score (nSPS) is 12.5. The second-order valence-electron chi connectivity index (χ2n) is 4.44. The second kappa shape index (κ2) is 7.30. The summed E-state index contributed by atoms with van der Waals surface area (Å²) in [5.74, 6) is 0.861. The number of hydrogen-bond donors (Lipinski definition) is 2. The molecular weight excluding hydrogens is 214 g/mol. The fourth-order valence-electron chi connectivity index (χ4n) is 1.55. The van der Waals surface area contributed by atoms with Crippen molar-refractivity contribution >= 4 is 0 Å². The summed E-state index contributed by atoms with van der Waals surface area (Å²) in [6, 6.07) is 6.09. The molecule has 0 aliphatic carbocycles. The number of aliphatic hydroxyl groups excluding tert-OH is 1. The van der Waals surface area contributed by atoms with Gasteiger partial charge in [0.25, 0.3) is 0 Å². The Morgan fingerprint density at radius 1 is 1.35 bits per heavy atom. The Bertz CT molecular complexity index is 339. The molecule has 96 valence electrons. The summed E-state index contributed by atoms with van der Waals surface area (Å²) in [6.45, 7) is 7.99. The molecule has 0 amide bonds. The number of hydrogen-bond acceptors (Lipinski definition) is 3. The van der Waals surface area contributed by atoms with Crippen LogP contribution in [-0.2, 0) is 0 Å². The van der Waals surface area contributed by atoms with Crippen LogP contribution in [0.15, 0.2) is 18.2 Å². The van der Waals surface area contributed by atoms with Gasteiger partial charge in [0.2, 0.25) is 0 Å². The molecule has 0 radical (unpaired) electrons. The van der Waals surface area contributed by atoms with Crippen LogP contribution in [-0.4, -0.2) is 30.9 Å². The van der Waals surface area contributed by atoms with Crippen LogP contribution in [0.1, 0.15) is 24.5 Å². The van der Waals surface area contributed by atoms with Gasteiger partial charge in [0.1, 0.15) is 18.5 Å². The first-order valence-electron chi connectivity index (χ1n) is 6.22. The molecule has 1 aromatic rings. The quantitative estimate of drug-likeness (QED) is 0.713. The van der Waals surface area contributed by atoms with E-state index < -0.39 is 6.10 Å². The van der Waals surface area contributed by atoms with Crippen molar-refractivity contribution in [2.75, 3.05) is 19.7 Å². The monoisotopic (exact) mass is 237 g/mol. The Morgan fingerprint density at radius 2 is 2.12 bits per heavy atom. The lowest BCUT2D eigenvalue weighted by atomic mass is 10.1. The molecule has 0 spiro atoms. The first-order valence-corrected chi connectivity index (χ1v) is 6.22. The van der Waals surface area contributed by atoms with E-state index in [1.165, 1.54) is 5.56 Å². The summed E-state index contributed by atoms with van der Waals surface area (Å²) in [7, 11) is 0. The zero-order valence-electron chi connectivity index (χ0n) is 11.0. The van der Waals surface area contributed by atoms with E-state index in [0.717, 1.165) is 24.3 Å². The summed E-state index contributed by atoms with van der Waals surface area (Å²) < 4.78 is 5.62. The molecule has 1 rings (SSSR count). The van der Waals surface area contributed by atoms with Crippen molar-refractivity contribution < 1.29 is 9.84 Å². The highest BCUT2D eigenvalue weighted by atomic mass is 16.5. The predicted octanol–water partition coefficient (Wildman–Crippen LogP) is 2.04. The Labute approximate surface area is 104 Å². The molecule has 0 saturated carbocycles. The van der Waals surface area contributed by atoms with E-state index in [1.807, 2.05) is 26.0 Å². The third kappa shape index (κ3) is 5.20. The van der Waals surface area contributed by atoms with Gasteiger partial charge in [-0.3, -0.25) is 0 Å². The zero-order valence-corrected chi connectivity index (χ0v) is 11.0. The number of benzene rings is 1. The van der Waals surface area contributed by atoms with Crippen molar-refractivity contribution in [3.63, 3.8) is 0 Å². The standard InChI is InChI=1S/C14H23NO2/c1-4-7-15-9-13(16)10-17-14-8-11(2)5-6-12(14)3/h5-6,8,13,15-16H,4,7,9-10H2,1-3H3. The van der Waals surface area contributed by atoms with Crippen LogP contribution in [0.4, 0.5) is 0 Å². The van der Waals surface area contributed by atoms with Gasteiger partial charge in [-0.15, -0.1) is 0 Å². The molecule has 0 fully saturated rings. The highest BCUT2D eigenvalue weighted by Gasteiger charge is 2.06. The Hall–Kier alpha value is -1.06. The van der Waals surface area contributed by atoms with Gasteiger partial charge in [0.05, 0.1) is 0 Å². The second-order valence-corrected chi connectivity index (χ2v) is 4.44. The molecule has 0 aliphatic heterocycles. The lowest BCUT2D eigenvalue weighted by Crippen LogP contribution is -2.31. The highest BCUT2D eigenvalue weighted by Crippen LogP contribution is 2.19. The predicted molar refractivity (Wildman–Crippen MR) is 70.6 cm³/mol. The number of aryl methyl sites for hydroxylation is 2. The minimum Gasteiger partial charge on any atom is -0.491 e. The molecule has 1 unspecified atom stereocenters. The molecule has 0 aliphatic rings. The summed E-state index contributed by atoms with van der Waals surface area (Å²) in [4.78, 5) is 0. The van der Waals surface area contributed by atoms with E-state index in [-0.39, 0.29) is 0 Å². The fourth-order valence-corrected chi connectivity index (χ4v) is 1.55. The smallest absolute Gasteiger partial charge is 0.122 e. The molecule has 1 atom stereocenters. The van der Waals surface area contributed by atoms with E-state index in [9.17, 15) is 5.11 Å². The van der Waals surface area contributed by atoms with Crippen LogP contribution in [0.25, 0.3) is 0 Å². The molecule has 0 saturated heterocycles. The summed E-state index contributed by atoms with van der Waals surface area (Å²) >= 11 is 0. The van der Waals surface area contributed by atoms with Crippen LogP contribution in [0.2, 0.25) is 0 Å². The highest BCUT2D eigenvalue weighted by molar-refractivity contribution is 5.35. The fraction of sp³-hybridized carbons (Fsp3) is 0.571. The third-order valence-corrected chi connectivity index (χ3v) is 2.58. The van der Waals surface area contributed by atoms with Crippen molar-refractivity contribution in [2.45, 2.75) is 33.3 Å². The maximum atomic E-state index is 9.71. The summed E-state index contributed by atoms with van der Waals surface area (Å²) in [5.41, 5.74) is 2.27. The van der Waals surface area contributed by atoms with E-state index in [1.54, 1.807) is 0 Å². The van der Waals surface area contributed by atoms with Gasteiger partial charge in [-0.2, -0.15) is 0 Å². The molecule has 2 N–H and O–H groups in total. The van der Waals surface area contributed by atoms with Crippen LogP contribution in [0, 0.1) is 13.8 Å². The number of aliphatic hydroxyl groups is 1. The largest absolute Gasteiger partial charge is 0.491 e. The SMILES string of the molecule is CCCNCC(O)COc1cc(C)ccc1C. The van der Waals surface area contributed by atoms with Gasteiger partial charge >= 0.3 is 0 Å². The lowest BCUT2D eigenvalue weighted by Gasteiger charge is -2.14. The summed E-state index contributed by atoms with van der Waals surface area (Å²) in [6.07, 6.45) is 0.617. The van der Waals surface area contributed by atoms with Crippen molar-refractivity contribution in [1.29, 1.82) is 0 Å². The maximum absolute atomic E-state index is 9.71. The number of ether oxygens (including phenoxy) is 1. The van der Waals surface area contributed by atoms with Gasteiger partial charge in [0, 0.05) is 6.54 Å². The summed E-state index contributed by atoms with van der Waals surface area (Å²) in [5, 5.41) is 12.9. The van der Waals surface area contributed by atoms with Gasteiger partial charge in [-0.05, 0) is 44.0 Å². The minimum atomic E-state index is -0.457. The number of nitrogens with one attached hydrogen (secondary N) is 1. The molecular formula is C14H23NO2. The Morgan fingerprint density at radius 3 is 2.82 bits per heavy atom. The first-order chi connectivity index (χ1) is 8.13. The van der Waals surface area contributed by atoms with Gasteiger partial charge < -0.3 is 15.2 Å². The van der Waals surface area contributed by atoms with Crippen LogP contribution in [0.5, 0.6) is 5.75 Å². The maximum Gasteiger partial charge on any atom is 0.122 e. The molecule has 0 heterocycles. The lowest BCUT2D eigenvalue weighted by molar-refractivity contribution is 0.106. The number of rotatable bonds is 7. The average molecular weight is 237 g/mol. The van der Waals surface area contributed by atoms with Crippen LogP contribution >= 0.6 is 0 Å². The van der Waals surface area contributed by atoms with Gasteiger partial charge in [-0.1, -0.05) is 19.1 Å². The topological polar surface area (TPSA) is 41.5 Å². The molecule has 17 heavy (non-hydrogen) atoms. The molecule has 3 heteroatoms. The van der Waals surface area contributed by atoms with Crippen LogP contribution < -0.4 is 10.1 Å². The molecule has 3 nitrogen and oxygen atoms in total. The van der Waals surface area contributed by atoms with Crippen molar-refractivity contribution in [3.05, 3.63) is 29.3 Å². The third-order valence-electron chi connectivity index (χ3n) is 2.58. The van der Waals surface area contributed by atoms with E-state index >= 15 is 0 Å². The van der Waals surface area contributed by atoms with Crippen molar-refractivity contribution in [2.24, 2.45) is 0 Å². The molecule has 0 aromatic heterocycles. The van der Waals surface area contributed by atoms with Crippen molar-refractivity contribution in [1.82, 2.24) is 5.32 Å². The van der Waals surface area contributed by atoms with E-state index in [4.69, 9.17) is 4.74 Å². The minimum absolute atomic E-state index is 0.334. The molecule has 1 aromatic carbocycles. The van der Waals surface area contributed by atoms with Crippen molar-refractivity contribution in [3.8, 4) is 5.75 Å². The average Bonchev–Trinajstić information content (AvgIpc) is 2.31. The van der Waals surface area contributed by atoms with E-state index in [0.29, 0.717) is 13.2 Å². The Kier molecular flexibility index (Phi) is 6.01. The zero-order chi connectivity index (χ0) is 12.7. The first kappa shape index (κ1) is 14.0.